The Kier molecular flexibility index (Phi) is 4.43. The zero-order chi connectivity index (χ0) is 15.5. The quantitative estimate of drug-likeness (QED) is 0.941. The van der Waals surface area contributed by atoms with E-state index in [1.165, 1.54) is 6.33 Å². The molecule has 1 N–H and O–H groups in total. The second kappa shape index (κ2) is 6.48. The van der Waals surface area contributed by atoms with Gasteiger partial charge in [0.25, 0.3) is 5.56 Å². The summed E-state index contributed by atoms with van der Waals surface area (Å²) in [5, 5.41) is 0. The van der Waals surface area contributed by atoms with Crippen LogP contribution < -0.4 is 5.56 Å². The summed E-state index contributed by atoms with van der Waals surface area (Å²) in [7, 11) is 0. The third-order valence-electron chi connectivity index (χ3n) is 4.51. The van der Waals surface area contributed by atoms with Crippen LogP contribution in [0.2, 0.25) is 0 Å². The summed E-state index contributed by atoms with van der Waals surface area (Å²) in [6.45, 7) is 7.09. The van der Waals surface area contributed by atoms with Gasteiger partial charge in [-0.1, -0.05) is 6.92 Å². The Labute approximate surface area is 130 Å². The van der Waals surface area contributed by atoms with E-state index in [-0.39, 0.29) is 5.56 Å². The summed E-state index contributed by atoms with van der Waals surface area (Å²) in [6.07, 6.45) is 4.21. The van der Waals surface area contributed by atoms with Gasteiger partial charge in [-0.15, -0.1) is 0 Å². The van der Waals surface area contributed by atoms with Crippen molar-refractivity contribution in [3.05, 3.63) is 51.6 Å². The molecule has 0 saturated carbocycles. The van der Waals surface area contributed by atoms with E-state index in [1.54, 1.807) is 0 Å². The molecule has 0 aliphatic carbocycles. The number of rotatable bonds is 4. The number of nitrogens with one attached hydrogen (secondary N) is 1. The maximum absolute atomic E-state index is 11.9. The Bertz CT molecular complexity index is 689. The maximum Gasteiger partial charge on any atom is 0.254 e. The molecule has 1 aliphatic heterocycles. The van der Waals surface area contributed by atoms with Crippen molar-refractivity contribution in [2.45, 2.75) is 39.0 Å². The van der Waals surface area contributed by atoms with E-state index in [0.29, 0.717) is 5.92 Å². The van der Waals surface area contributed by atoms with Crippen LogP contribution in [-0.4, -0.2) is 34.5 Å². The molecule has 3 heterocycles. The molecule has 0 radical (unpaired) electrons. The monoisotopic (exact) mass is 301 g/mol. The van der Waals surface area contributed by atoms with Crippen LogP contribution in [-0.2, 0) is 12.8 Å². The second-order valence-electron chi connectivity index (χ2n) is 6.14. The zero-order valence-corrected chi connectivity index (χ0v) is 13.3. The number of hydrogen-bond acceptors (Lipinski definition) is 4. The first-order valence-electron chi connectivity index (χ1n) is 7.97. The van der Waals surface area contributed by atoms with Crippen LogP contribution in [0.15, 0.2) is 27.7 Å². The molecule has 0 amide bonds. The molecular formula is C17H23N3O2. The third-order valence-corrected chi connectivity index (χ3v) is 4.51. The van der Waals surface area contributed by atoms with Crippen LogP contribution in [0.1, 0.15) is 42.0 Å². The van der Waals surface area contributed by atoms with E-state index >= 15 is 0 Å². The van der Waals surface area contributed by atoms with Gasteiger partial charge in [0, 0.05) is 31.0 Å². The molecule has 118 valence electrons. The van der Waals surface area contributed by atoms with Gasteiger partial charge in [-0.3, -0.25) is 4.79 Å². The van der Waals surface area contributed by atoms with Crippen molar-refractivity contribution in [3.8, 4) is 0 Å². The Morgan fingerprint density at radius 2 is 2.18 bits per heavy atom. The van der Waals surface area contributed by atoms with Crippen LogP contribution in [0.3, 0.4) is 0 Å². The van der Waals surface area contributed by atoms with Crippen molar-refractivity contribution < 1.29 is 4.42 Å². The van der Waals surface area contributed by atoms with E-state index in [0.717, 1.165) is 61.7 Å². The van der Waals surface area contributed by atoms with Gasteiger partial charge in [-0.05, 0) is 38.4 Å². The van der Waals surface area contributed by atoms with Crippen molar-refractivity contribution in [1.29, 1.82) is 0 Å². The SMILES string of the molecule is Cc1ccc([C@@H](C)CCN2CCc3nc[nH]c(=O)c3CC2)o1. The van der Waals surface area contributed by atoms with Gasteiger partial charge in [0.1, 0.15) is 11.5 Å². The molecule has 0 unspecified atom stereocenters. The Morgan fingerprint density at radius 1 is 1.36 bits per heavy atom. The predicted octanol–water partition coefficient (Wildman–Crippen LogP) is 2.27. The first kappa shape index (κ1) is 15.0. The smallest absolute Gasteiger partial charge is 0.254 e. The topological polar surface area (TPSA) is 62.1 Å². The standard InChI is InChI=1S/C17H23N3O2/c1-12(16-4-3-13(2)22-16)5-8-20-9-6-14-15(7-10-20)18-11-19-17(14)21/h3-4,11-12H,5-10H2,1-2H3,(H,18,19,21)/t12-/m0/s1. The van der Waals surface area contributed by atoms with Crippen molar-refractivity contribution in [2.24, 2.45) is 0 Å². The molecule has 22 heavy (non-hydrogen) atoms. The Morgan fingerprint density at radius 3 is 2.95 bits per heavy atom. The van der Waals surface area contributed by atoms with Gasteiger partial charge in [0.2, 0.25) is 0 Å². The highest BCUT2D eigenvalue weighted by Gasteiger charge is 2.18. The van der Waals surface area contributed by atoms with Crippen molar-refractivity contribution in [2.75, 3.05) is 19.6 Å². The first-order chi connectivity index (χ1) is 10.6. The number of H-pyrrole nitrogens is 1. The summed E-state index contributed by atoms with van der Waals surface area (Å²) in [5.74, 6) is 2.45. The second-order valence-corrected chi connectivity index (χ2v) is 6.14. The van der Waals surface area contributed by atoms with Crippen molar-refractivity contribution >= 4 is 0 Å². The lowest BCUT2D eigenvalue weighted by Gasteiger charge is -2.21. The molecule has 5 heteroatoms. The van der Waals surface area contributed by atoms with E-state index < -0.39 is 0 Å². The van der Waals surface area contributed by atoms with Crippen LogP contribution in [0.25, 0.3) is 0 Å². The minimum absolute atomic E-state index is 0.0197. The lowest BCUT2D eigenvalue weighted by molar-refractivity contribution is 0.271. The number of hydrogen-bond donors (Lipinski definition) is 1. The van der Waals surface area contributed by atoms with E-state index in [2.05, 4.69) is 27.9 Å². The summed E-state index contributed by atoms with van der Waals surface area (Å²) >= 11 is 0. The number of nitrogens with zero attached hydrogens (tertiary/aromatic N) is 2. The molecule has 2 aromatic heterocycles. The molecule has 0 fully saturated rings. The number of aryl methyl sites for hydroxylation is 1. The number of fused-ring (bicyclic) bond motifs is 1. The first-order valence-corrected chi connectivity index (χ1v) is 7.97. The van der Waals surface area contributed by atoms with E-state index in [1.807, 2.05) is 13.0 Å². The van der Waals surface area contributed by atoms with Gasteiger partial charge >= 0.3 is 0 Å². The summed E-state index contributed by atoms with van der Waals surface area (Å²) in [6, 6.07) is 4.09. The fraction of sp³-hybridized carbons (Fsp3) is 0.529. The number of aromatic amines is 1. The molecule has 2 aromatic rings. The Hall–Kier alpha value is -1.88. The summed E-state index contributed by atoms with van der Waals surface area (Å²) < 4.78 is 5.70. The Balaban J connectivity index is 1.57. The lowest BCUT2D eigenvalue weighted by atomic mass is 10.0. The minimum Gasteiger partial charge on any atom is -0.466 e. The largest absolute Gasteiger partial charge is 0.466 e. The number of furan rings is 1. The highest BCUT2D eigenvalue weighted by molar-refractivity contribution is 5.18. The van der Waals surface area contributed by atoms with Crippen LogP contribution in [0.4, 0.5) is 0 Å². The van der Waals surface area contributed by atoms with Gasteiger partial charge in [0.05, 0.1) is 12.0 Å². The van der Waals surface area contributed by atoms with Crippen LogP contribution in [0.5, 0.6) is 0 Å². The summed E-state index contributed by atoms with van der Waals surface area (Å²) in [5.41, 5.74) is 1.84. The fourth-order valence-electron chi connectivity index (χ4n) is 3.04. The molecule has 1 atom stereocenters. The van der Waals surface area contributed by atoms with Crippen molar-refractivity contribution in [1.82, 2.24) is 14.9 Å². The maximum atomic E-state index is 11.9. The normalized spacial score (nSPS) is 17.0. The molecule has 0 aromatic carbocycles. The molecular weight excluding hydrogens is 278 g/mol. The van der Waals surface area contributed by atoms with E-state index in [4.69, 9.17) is 4.42 Å². The molecule has 5 nitrogen and oxygen atoms in total. The average molecular weight is 301 g/mol. The third kappa shape index (κ3) is 3.30. The average Bonchev–Trinajstić information content (AvgIpc) is 2.82. The molecule has 0 bridgehead atoms. The van der Waals surface area contributed by atoms with Crippen LogP contribution >= 0.6 is 0 Å². The van der Waals surface area contributed by atoms with Gasteiger partial charge < -0.3 is 14.3 Å². The number of aromatic nitrogens is 2. The molecule has 0 spiro atoms. The summed E-state index contributed by atoms with van der Waals surface area (Å²) in [4.78, 5) is 21.3. The van der Waals surface area contributed by atoms with Gasteiger partial charge in [-0.25, -0.2) is 4.98 Å². The lowest BCUT2D eigenvalue weighted by Crippen LogP contribution is -2.28. The van der Waals surface area contributed by atoms with Gasteiger partial charge in [0.15, 0.2) is 0 Å². The zero-order valence-electron chi connectivity index (χ0n) is 13.3. The minimum atomic E-state index is 0.0197. The van der Waals surface area contributed by atoms with E-state index in [9.17, 15) is 4.79 Å². The molecule has 1 aliphatic rings. The predicted molar refractivity (Wildman–Crippen MR) is 85.2 cm³/mol. The van der Waals surface area contributed by atoms with Crippen LogP contribution in [0, 0.1) is 6.92 Å². The highest BCUT2D eigenvalue weighted by Crippen LogP contribution is 2.22. The molecule has 0 saturated heterocycles. The van der Waals surface area contributed by atoms with Gasteiger partial charge in [-0.2, -0.15) is 0 Å². The fourth-order valence-corrected chi connectivity index (χ4v) is 3.04. The molecule has 3 rings (SSSR count). The van der Waals surface area contributed by atoms with Crippen molar-refractivity contribution in [3.63, 3.8) is 0 Å². The highest BCUT2D eigenvalue weighted by atomic mass is 16.3.